The maximum atomic E-state index is 10.7. The fourth-order valence-electron chi connectivity index (χ4n) is 1.82. The van der Waals surface area contributed by atoms with Crippen LogP contribution in [0, 0.1) is 10.1 Å². The quantitative estimate of drug-likeness (QED) is 0.405. The fourth-order valence-corrected chi connectivity index (χ4v) is 2.88. The largest absolute Gasteiger partial charge is 0.494 e. The average Bonchev–Trinajstić information content (AvgIpc) is 2.51. The van der Waals surface area contributed by atoms with Gasteiger partial charge in [0, 0.05) is 12.1 Å². The summed E-state index contributed by atoms with van der Waals surface area (Å²) >= 11 is 9.42. The van der Waals surface area contributed by atoms with Crippen LogP contribution < -0.4 is 4.74 Å². The summed E-state index contributed by atoms with van der Waals surface area (Å²) in [6.45, 7) is 0.128. The topological polar surface area (TPSA) is 74.0 Å². The van der Waals surface area contributed by atoms with Crippen LogP contribution in [0.4, 0.5) is 5.69 Å². The molecule has 120 valence electrons. The number of nitro groups is 1. The minimum Gasteiger partial charge on any atom is -0.494 e. The minimum atomic E-state index is -0.455. The van der Waals surface area contributed by atoms with Crippen LogP contribution in [0.1, 0.15) is 11.1 Å². The molecule has 0 aliphatic carbocycles. The van der Waals surface area contributed by atoms with Gasteiger partial charge >= 0.3 is 0 Å². The van der Waals surface area contributed by atoms with E-state index in [1.165, 1.54) is 25.5 Å². The molecular weight excluding hydrogens is 388 g/mol. The lowest BCUT2D eigenvalue weighted by atomic mass is 10.2. The molecule has 0 aromatic heterocycles. The smallest absolute Gasteiger partial charge is 0.269 e. The van der Waals surface area contributed by atoms with Crippen molar-refractivity contribution in [3.63, 3.8) is 0 Å². The van der Waals surface area contributed by atoms with Gasteiger partial charge < -0.3 is 9.57 Å². The molecule has 0 saturated carbocycles. The van der Waals surface area contributed by atoms with Crippen LogP contribution in [0.3, 0.4) is 0 Å². The fraction of sp³-hybridized carbons (Fsp3) is 0.133. The Morgan fingerprint density at radius 1 is 1.39 bits per heavy atom. The molecule has 0 N–H and O–H groups in total. The van der Waals surface area contributed by atoms with Crippen molar-refractivity contribution in [3.05, 3.63) is 67.1 Å². The Labute approximate surface area is 145 Å². The molecule has 2 rings (SSSR count). The number of nitro benzene ring substituents is 1. The molecule has 0 saturated heterocycles. The van der Waals surface area contributed by atoms with Gasteiger partial charge in [-0.05, 0) is 39.2 Å². The molecular formula is C15H12BrClN2O4. The van der Waals surface area contributed by atoms with E-state index in [-0.39, 0.29) is 12.3 Å². The summed E-state index contributed by atoms with van der Waals surface area (Å²) in [5, 5.41) is 15.0. The van der Waals surface area contributed by atoms with E-state index in [2.05, 4.69) is 21.1 Å². The zero-order valence-corrected chi connectivity index (χ0v) is 14.4. The van der Waals surface area contributed by atoms with E-state index in [0.29, 0.717) is 20.8 Å². The number of hydrogen-bond donors (Lipinski definition) is 0. The van der Waals surface area contributed by atoms with Crippen LogP contribution in [-0.2, 0) is 11.4 Å². The lowest BCUT2D eigenvalue weighted by Crippen LogP contribution is -1.93. The number of benzene rings is 2. The van der Waals surface area contributed by atoms with Gasteiger partial charge in [0.05, 0.1) is 27.7 Å². The van der Waals surface area contributed by atoms with E-state index in [4.69, 9.17) is 21.2 Å². The van der Waals surface area contributed by atoms with E-state index in [0.717, 1.165) is 5.56 Å². The number of non-ortho nitro benzene ring substituents is 1. The molecule has 23 heavy (non-hydrogen) atoms. The standard InChI is InChI=1S/C15H12BrClN2O4/c1-22-15-13(16)6-11(7-14(15)17)8-18-23-9-10-3-2-4-12(5-10)19(20)21/h2-8H,9H2,1H3/b18-8-. The van der Waals surface area contributed by atoms with Crippen molar-refractivity contribution in [3.8, 4) is 5.75 Å². The first-order chi connectivity index (χ1) is 11.0. The normalized spacial score (nSPS) is 10.7. The predicted molar refractivity (Wildman–Crippen MR) is 91.2 cm³/mol. The summed E-state index contributed by atoms with van der Waals surface area (Å²) in [5.41, 5.74) is 1.40. The number of hydrogen-bond acceptors (Lipinski definition) is 5. The van der Waals surface area contributed by atoms with Crippen molar-refractivity contribution >= 4 is 39.4 Å². The highest BCUT2D eigenvalue weighted by Crippen LogP contribution is 2.33. The zero-order valence-electron chi connectivity index (χ0n) is 12.0. The SMILES string of the molecule is COc1c(Cl)cc(/C=N\OCc2cccc([N+](=O)[O-])c2)cc1Br. The Balaban J connectivity index is 2.00. The molecule has 0 fully saturated rings. The second-order valence-electron chi connectivity index (χ2n) is 4.45. The highest BCUT2D eigenvalue weighted by atomic mass is 79.9. The maximum Gasteiger partial charge on any atom is 0.269 e. The van der Waals surface area contributed by atoms with E-state index in [1.54, 1.807) is 24.3 Å². The van der Waals surface area contributed by atoms with Crippen molar-refractivity contribution in [1.82, 2.24) is 0 Å². The molecule has 0 unspecified atom stereocenters. The Hall–Kier alpha value is -2.12. The van der Waals surface area contributed by atoms with Gasteiger partial charge in [0.1, 0.15) is 6.61 Å². The summed E-state index contributed by atoms with van der Waals surface area (Å²) in [6.07, 6.45) is 1.49. The number of rotatable bonds is 6. The van der Waals surface area contributed by atoms with Gasteiger partial charge in [-0.15, -0.1) is 0 Å². The number of oxime groups is 1. The van der Waals surface area contributed by atoms with Crippen molar-refractivity contribution in [1.29, 1.82) is 0 Å². The van der Waals surface area contributed by atoms with Crippen LogP contribution in [0.2, 0.25) is 5.02 Å². The lowest BCUT2D eigenvalue weighted by Gasteiger charge is -2.06. The average molecular weight is 400 g/mol. The highest BCUT2D eigenvalue weighted by molar-refractivity contribution is 9.10. The Bertz CT molecular complexity index is 729. The van der Waals surface area contributed by atoms with E-state index in [9.17, 15) is 10.1 Å². The van der Waals surface area contributed by atoms with Gasteiger partial charge in [-0.1, -0.05) is 28.9 Å². The Morgan fingerprint density at radius 3 is 2.83 bits per heavy atom. The molecule has 6 nitrogen and oxygen atoms in total. The molecule has 0 aliphatic heterocycles. The molecule has 0 bridgehead atoms. The number of ether oxygens (including phenoxy) is 1. The molecule has 2 aromatic carbocycles. The van der Waals surface area contributed by atoms with Crippen molar-refractivity contribution < 1.29 is 14.5 Å². The zero-order chi connectivity index (χ0) is 16.8. The van der Waals surface area contributed by atoms with E-state index >= 15 is 0 Å². The van der Waals surface area contributed by atoms with Crippen LogP contribution in [0.15, 0.2) is 46.0 Å². The van der Waals surface area contributed by atoms with Crippen LogP contribution in [-0.4, -0.2) is 18.2 Å². The molecule has 2 aromatic rings. The van der Waals surface area contributed by atoms with E-state index in [1.807, 2.05) is 0 Å². The summed E-state index contributed by atoms with van der Waals surface area (Å²) in [7, 11) is 1.53. The van der Waals surface area contributed by atoms with Gasteiger partial charge in [-0.3, -0.25) is 10.1 Å². The van der Waals surface area contributed by atoms with Crippen LogP contribution >= 0.6 is 27.5 Å². The molecule has 0 heterocycles. The van der Waals surface area contributed by atoms with Gasteiger partial charge in [-0.2, -0.15) is 0 Å². The molecule has 0 aliphatic rings. The Morgan fingerprint density at radius 2 is 2.17 bits per heavy atom. The molecule has 8 heteroatoms. The second-order valence-corrected chi connectivity index (χ2v) is 5.71. The number of halogens is 2. The van der Waals surface area contributed by atoms with Crippen molar-refractivity contribution in [2.45, 2.75) is 6.61 Å². The van der Waals surface area contributed by atoms with Gasteiger partial charge in [-0.25, -0.2) is 0 Å². The maximum absolute atomic E-state index is 10.7. The number of methoxy groups -OCH3 is 1. The van der Waals surface area contributed by atoms with Crippen molar-refractivity contribution in [2.24, 2.45) is 5.16 Å². The summed E-state index contributed by atoms with van der Waals surface area (Å²) in [5.74, 6) is 0.543. The summed E-state index contributed by atoms with van der Waals surface area (Å²) < 4.78 is 5.84. The monoisotopic (exact) mass is 398 g/mol. The third-order valence-electron chi connectivity index (χ3n) is 2.85. The first-order valence-corrected chi connectivity index (χ1v) is 7.60. The third kappa shape index (κ3) is 4.67. The lowest BCUT2D eigenvalue weighted by molar-refractivity contribution is -0.384. The van der Waals surface area contributed by atoms with Crippen LogP contribution in [0.5, 0.6) is 5.75 Å². The molecule has 0 amide bonds. The van der Waals surface area contributed by atoms with Gasteiger partial charge in [0.15, 0.2) is 5.75 Å². The summed E-state index contributed by atoms with van der Waals surface area (Å²) in [6, 6.07) is 9.65. The van der Waals surface area contributed by atoms with Crippen molar-refractivity contribution in [2.75, 3.05) is 7.11 Å². The first kappa shape index (κ1) is 17.2. The molecule has 0 radical (unpaired) electrons. The third-order valence-corrected chi connectivity index (χ3v) is 3.72. The van der Waals surface area contributed by atoms with Gasteiger partial charge in [0.2, 0.25) is 0 Å². The second kappa shape index (κ2) is 7.94. The Kier molecular flexibility index (Phi) is 5.95. The molecule has 0 spiro atoms. The first-order valence-electron chi connectivity index (χ1n) is 6.43. The highest BCUT2D eigenvalue weighted by Gasteiger charge is 2.07. The van der Waals surface area contributed by atoms with Crippen LogP contribution in [0.25, 0.3) is 0 Å². The number of nitrogens with zero attached hydrogens (tertiary/aromatic N) is 2. The predicted octanol–water partition coefficient (Wildman–Crippen LogP) is 4.57. The van der Waals surface area contributed by atoms with E-state index < -0.39 is 4.92 Å². The van der Waals surface area contributed by atoms with Gasteiger partial charge in [0.25, 0.3) is 5.69 Å². The minimum absolute atomic E-state index is 0.0148. The molecule has 0 atom stereocenters. The summed E-state index contributed by atoms with van der Waals surface area (Å²) in [4.78, 5) is 15.4.